The molecule has 1 aliphatic heterocycles. The summed E-state index contributed by atoms with van der Waals surface area (Å²) in [5.74, 6) is 0.144. The number of aryl methyl sites for hydroxylation is 1. The van der Waals surface area contributed by atoms with Crippen molar-refractivity contribution < 1.29 is 9.90 Å². The van der Waals surface area contributed by atoms with Crippen molar-refractivity contribution in [1.82, 2.24) is 15.1 Å². The molecule has 1 saturated heterocycles. The standard InChI is InChI=1S/C15H19N3O2/c1-9-3-4-12-11(7-9)14(17-16-12)15(20)18-6-5-10(2)13(19)8-18/h3-4,7,10,13,19H,5-6,8H2,1-2H3,(H,16,17). The summed E-state index contributed by atoms with van der Waals surface area (Å²) >= 11 is 0. The quantitative estimate of drug-likeness (QED) is 0.831. The molecule has 1 aliphatic rings. The van der Waals surface area contributed by atoms with Crippen LogP contribution in [0.1, 0.15) is 29.4 Å². The van der Waals surface area contributed by atoms with Crippen molar-refractivity contribution in [1.29, 1.82) is 0 Å². The number of hydrogen-bond acceptors (Lipinski definition) is 3. The van der Waals surface area contributed by atoms with Crippen molar-refractivity contribution in [2.75, 3.05) is 13.1 Å². The van der Waals surface area contributed by atoms with Crippen molar-refractivity contribution in [3.05, 3.63) is 29.5 Å². The highest BCUT2D eigenvalue weighted by atomic mass is 16.3. The Morgan fingerprint density at radius 1 is 1.50 bits per heavy atom. The van der Waals surface area contributed by atoms with Gasteiger partial charge in [-0.25, -0.2) is 0 Å². The van der Waals surface area contributed by atoms with Gasteiger partial charge >= 0.3 is 0 Å². The second-order valence-electron chi connectivity index (χ2n) is 5.71. The van der Waals surface area contributed by atoms with E-state index in [2.05, 4.69) is 10.2 Å². The molecule has 2 aromatic rings. The lowest BCUT2D eigenvalue weighted by molar-refractivity contribution is 0.0246. The lowest BCUT2D eigenvalue weighted by atomic mass is 9.96. The molecule has 0 radical (unpaired) electrons. The van der Waals surface area contributed by atoms with Gasteiger partial charge in [-0.15, -0.1) is 0 Å². The molecule has 1 aromatic heterocycles. The number of fused-ring (bicyclic) bond motifs is 1. The number of carbonyl (C=O) groups excluding carboxylic acids is 1. The van der Waals surface area contributed by atoms with Crippen molar-refractivity contribution in [2.24, 2.45) is 5.92 Å². The molecular weight excluding hydrogens is 254 g/mol. The van der Waals surface area contributed by atoms with Crippen LogP contribution in [0, 0.1) is 12.8 Å². The average molecular weight is 273 g/mol. The van der Waals surface area contributed by atoms with Gasteiger partial charge in [0.25, 0.3) is 5.91 Å². The van der Waals surface area contributed by atoms with Crippen LogP contribution < -0.4 is 0 Å². The molecule has 106 valence electrons. The monoisotopic (exact) mass is 273 g/mol. The number of aliphatic hydroxyl groups is 1. The Labute approximate surface area is 117 Å². The number of piperidine rings is 1. The minimum atomic E-state index is -0.445. The van der Waals surface area contributed by atoms with Crippen LogP contribution in [0.2, 0.25) is 0 Å². The molecule has 0 aliphatic carbocycles. The fourth-order valence-corrected chi connectivity index (χ4v) is 2.67. The predicted molar refractivity (Wildman–Crippen MR) is 76.5 cm³/mol. The Bertz CT molecular complexity index is 650. The number of nitrogens with one attached hydrogen (secondary N) is 1. The zero-order valence-corrected chi connectivity index (χ0v) is 11.8. The van der Waals surface area contributed by atoms with Crippen molar-refractivity contribution in [2.45, 2.75) is 26.4 Å². The van der Waals surface area contributed by atoms with E-state index in [9.17, 15) is 9.90 Å². The summed E-state index contributed by atoms with van der Waals surface area (Å²) in [5, 5.41) is 17.8. The van der Waals surface area contributed by atoms with Crippen LogP contribution >= 0.6 is 0 Å². The molecule has 1 aromatic carbocycles. The van der Waals surface area contributed by atoms with Gasteiger partial charge in [-0.05, 0) is 31.4 Å². The maximum atomic E-state index is 12.6. The molecule has 2 heterocycles. The number of rotatable bonds is 1. The molecule has 2 atom stereocenters. The first-order valence-electron chi connectivity index (χ1n) is 6.98. The Kier molecular flexibility index (Phi) is 3.22. The van der Waals surface area contributed by atoms with E-state index in [1.54, 1.807) is 4.90 Å². The first-order chi connectivity index (χ1) is 9.56. The van der Waals surface area contributed by atoms with Gasteiger partial charge in [-0.2, -0.15) is 5.10 Å². The molecule has 0 saturated carbocycles. The highest BCUT2D eigenvalue weighted by Gasteiger charge is 2.29. The van der Waals surface area contributed by atoms with Gasteiger partial charge in [0, 0.05) is 18.5 Å². The summed E-state index contributed by atoms with van der Waals surface area (Å²) in [6, 6.07) is 5.89. The van der Waals surface area contributed by atoms with Crippen molar-refractivity contribution in [3.63, 3.8) is 0 Å². The number of aromatic nitrogens is 2. The normalized spacial score (nSPS) is 23.2. The predicted octanol–water partition coefficient (Wildman–Crippen LogP) is 1.71. The van der Waals surface area contributed by atoms with Gasteiger partial charge in [0.15, 0.2) is 5.69 Å². The van der Waals surface area contributed by atoms with Crippen molar-refractivity contribution in [3.8, 4) is 0 Å². The summed E-state index contributed by atoms with van der Waals surface area (Å²) in [7, 11) is 0. The number of aromatic amines is 1. The Morgan fingerprint density at radius 3 is 3.05 bits per heavy atom. The molecule has 1 fully saturated rings. The first-order valence-corrected chi connectivity index (χ1v) is 6.98. The number of H-pyrrole nitrogens is 1. The zero-order valence-electron chi connectivity index (χ0n) is 11.8. The van der Waals surface area contributed by atoms with Crippen LogP contribution in [0.3, 0.4) is 0 Å². The third-order valence-corrected chi connectivity index (χ3v) is 4.13. The molecule has 0 spiro atoms. The minimum absolute atomic E-state index is 0.104. The van der Waals surface area contributed by atoms with Crippen LogP contribution in [0.25, 0.3) is 10.9 Å². The van der Waals surface area contributed by atoms with Gasteiger partial charge in [0.05, 0.1) is 11.6 Å². The summed E-state index contributed by atoms with van der Waals surface area (Å²) in [4.78, 5) is 14.3. The number of nitrogens with zero attached hydrogens (tertiary/aromatic N) is 2. The second kappa shape index (κ2) is 4.90. The lowest BCUT2D eigenvalue weighted by Crippen LogP contribution is -2.46. The summed E-state index contributed by atoms with van der Waals surface area (Å²) in [6.45, 7) is 5.07. The van der Waals surface area contributed by atoms with Gasteiger partial charge in [0.2, 0.25) is 0 Å². The van der Waals surface area contributed by atoms with E-state index in [1.165, 1.54) is 0 Å². The number of carbonyl (C=O) groups is 1. The summed E-state index contributed by atoms with van der Waals surface area (Å²) in [5.41, 5.74) is 2.41. The summed E-state index contributed by atoms with van der Waals surface area (Å²) in [6.07, 6.45) is 0.383. The van der Waals surface area contributed by atoms with E-state index in [-0.39, 0.29) is 11.8 Å². The summed E-state index contributed by atoms with van der Waals surface area (Å²) < 4.78 is 0. The van der Waals surface area contributed by atoms with E-state index < -0.39 is 6.10 Å². The molecule has 5 nitrogen and oxygen atoms in total. The number of benzene rings is 1. The van der Waals surface area contributed by atoms with E-state index in [0.29, 0.717) is 18.8 Å². The van der Waals surface area contributed by atoms with Crippen LogP contribution in [0.5, 0.6) is 0 Å². The van der Waals surface area contributed by atoms with Crippen LogP contribution in [0.15, 0.2) is 18.2 Å². The highest BCUT2D eigenvalue weighted by molar-refractivity contribution is 6.04. The Hall–Kier alpha value is -1.88. The van der Waals surface area contributed by atoms with Crippen LogP contribution in [0.4, 0.5) is 0 Å². The number of aliphatic hydroxyl groups excluding tert-OH is 1. The fraction of sp³-hybridized carbons (Fsp3) is 0.467. The first kappa shape index (κ1) is 13.1. The van der Waals surface area contributed by atoms with Gasteiger partial charge in [-0.1, -0.05) is 18.6 Å². The second-order valence-corrected chi connectivity index (χ2v) is 5.71. The van der Waals surface area contributed by atoms with Crippen molar-refractivity contribution >= 4 is 16.8 Å². The number of hydrogen-bond donors (Lipinski definition) is 2. The largest absolute Gasteiger partial charge is 0.391 e. The molecule has 5 heteroatoms. The molecule has 1 amide bonds. The third kappa shape index (κ3) is 2.18. The molecule has 20 heavy (non-hydrogen) atoms. The zero-order chi connectivity index (χ0) is 14.3. The average Bonchev–Trinajstić information content (AvgIpc) is 2.84. The third-order valence-electron chi connectivity index (χ3n) is 4.13. The van der Waals surface area contributed by atoms with Gasteiger partial charge in [-0.3, -0.25) is 9.89 Å². The SMILES string of the molecule is Cc1ccc2[nH]nc(C(=O)N3CCC(C)C(O)C3)c2c1. The van der Waals surface area contributed by atoms with Gasteiger partial charge in [0.1, 0.15) is 0 Å². The Balaban J connectivity index is 1.91. The molecule has 2 unspecified atom stereocenters. The molecule has 2 N–H and O–H groups in total. The number of β-amino-alcohol motifs (C(OH)–C–C–N with tert-alkyl or cyclic N) is 1. The number of amides is 1. The smallest absolute Gasteiger partial charge is 0.275 e. The number of likely N-dealkylation sites (tertiary alicyclic amines) is 1. The van der Waals surface area contributed by atoms with Crippen LogP contribution in [-0.4, -0.2) is 45.3 Å². The minimum Gasteiger partial charge on any atom is -0.391 e. The fourth-order valence-electron chi connectivity index (χ4n) is 2.67. The van der Waals surface area contributed by atoms with E-state index in [0.717, 1.165) is 22.9 Å². The van der Waals surface area contributed by atoms with Crippen LogP contribution in [-0.2, 0) is 0 Å². The lowest BCUT2D eigenvalue weighted by Gasteiger charge is -2.33. The molecule has 3 rings (SSSR count). The highest BCUT2D eigenvalue weighted by Crippen LogP contribution is 2.22. The van der Waals surface area contributed by atoms with E-state index in [4.69, 9.17) is 0 Å². The van der Waals surface area contributed by atoms with Gasteiger partial charge < -0.3 is 10.0 Å². The molecule has 0 bridgehead atoms. The van der Waals surface area contributed by atoms with E-state index in [1.807, 2.05) is 32.0 Å². The maximum absolute atomic E-state index is 12.6. The van der Waals surface area contributed by atoms with E-state index >= 15 is 0 Å². The molecular formula is C15H19N3O2. The Morgan fingerprint density at radius 2 is 2.30 bits per heavy atom. The maximum Gasteiger partial charge on any atom is 0.275 e. The topological polar surface area (TPSA) is 69.2 Å².